The van der Waals surface area contributed by atoms with Gasteiger partial charge in [-0.2, -0.15) is 0 Å². The minimum Gasteiger partial charge on any atom is -0.424 e. The number of anilines is 1. The van der Waals surface area contributed by atoms with E-state index >= 15 is 0 Å². The normalized spacial score (nSPS) is 10.9. The number of carbonyl (C=O) groups is 1. The van der Waals surface area contributed by atoms with Gasteiger partial charge < -0.3 is 10.5 Å². The van der Waals surface area contributed by atoms with Crippen molar-refractivity contribution >= 4 is 38.8 Å². The first-order chi connectivity index (χ1) is 8.49. The fourth-order valence-corrected chi connectivity index (χ4v) is 1.77. The van der Waals surface area contributed by atoms with E-state index in [2.05, 4.69) is 25.9 Å². The van der Waals surface area contributed by atoms with Gasteiger partial charge in [-0.15, -0.1) is 0 Å². The van der Waals surface area contributed by atoms with Crippen LogP contribution >= 0.6 is 15.9 Å². The molecule has 0 fully saturated rings. The molecule has 94 valence electrons. The molecule has 0 unspecified atom stereocenters. The van der Waals surface area contributed by atoms with Gasteiger partial charge in [-0.3, -0.25) is 4.79 Å². The zero-order chi connectivity index (χ0) is 13.3. The van der Waals surface area contributed by atoms with Crippen LogP contribution in [0.1, 0.15) is 13.8 Å². The number of ether oxygens (including phenoxy) is 1. The molecule has 0 atom stereocenters. The molecule has 0 radical (unpaired) electrons. The molecule has 5 nitrogen and oxygen atoms in total. The van der Waals surface area contributed by atoms with E-state index in [1.54, 1.807) is 26.0 Å². The lowest BCUT2D eigenvalue weighted by molar-refractivity contribution is -0.137. The van der Waals surface area contributed by atoms with Crippen LogP contribution in [-0.4, -0.2) is 15.9 Å². The third kappa shape index (κ3) is 2.43. The average Bonchev–Trinajstić information content (AvgIpc) is 2.32. The van der Waals surface area contributed by atoms with E-state index < -0.39 is 0 Å². The summed E-state index contributed by atoms with van der Waals surface area (Å²) in [4.78, 5) is 19.9. The van der Waals surface area contributed by atoms with E-state index in [0.717, 1.165) is 4.47 Å². The quantitative estimate of drug-likeness (QED) is 0.681. The number of rotatable bonds is 2. The van der Waals surface area contributed by atoms with Crippen LogP contribution in [0, 0.1) is 5.92 Å². The number of esters is 1. The Morgan fingerprint density at radius 3 is 2.78 bits per heavy atom. The molecule has 2 N–H and O–H groups in total. The summed E-state index contributed by atoms with van der Waals surface area (Å²) in [5, 5.41) is 0. The summed E-state index contributed by atoms with van der Waals surface area (Å²) in [6.07, 6.45) is 1.43. The summed E-state index contributed by atoms with van der Waals surface area (Å²) in [5.74, 6) is 0.192. The maximum Gasteiger partial charge on any atom is 0.313 e. The topological polar surface area (TPSA) is 78.1 Å². The van der Waals surface area contributed by atoms with Gasteiger partial charge in [-0.25, -0.2) is 9.97 Å². The Morgan fingerprint density at radius 1 is 1.39 bits per heavy atom. The number of nitrogen functional groups attached to an aromatic ring is 1. The minimum atomic E-state index is -0.308. The maximum atomic E-state index is 11.6. The maximum absolute atomic E-state index is 11.6. The molecular formula is C12H12BrN3O2. The molecule has 2 aromatic rings. The van der Waals surface area contributed by atoms with Gasteiger partial charge in [0, 0.05) is 4.47 Å². The van der Waals surface area contributed by atoms with E-state index in [1.165, 1.54) is 6.20 Å². The van der Waals surface area contributed by atoms with Crippen LogP contribution in [0.5, 0.6) is 5.75 Å². The van der Waals surface area contributed by atoms with Gasteiger partial charge in [0.15, 0.2) is 5.75 Å². The summed E-state index contributed by atoms with van der Waals surface area (Å²) in [7, 11) is 0. The van der Waals surface area contributed by atoms with Gasteiger partial charge in [0.2, 0.25) is 0 Å². The molecule has 2 rings (SSSR count). The van der Waals surface area contributed by atoms with Crippen molar-refractivity contribution in [2.75, 3.05) is 5.73 Å². The van der Waals surface area contributed by atoms with Crippen molar-refractivity contribution < 1.29 is 9.53 Å². The Hall–Kier alpha value is -1.69. The lowest BCUT2D eigenvalue weighted by Gasteiger charge is -2.09. The summed E-state index contributed by atoms with van der Waals surface area (Å²) < 4.78 is 6.03. The van der Waals surface area contributed by atoms with Crippen LogP contribution in [0.2, 0.25) is 0 Å². The lowest BCUT2D eigenvalue weighted by Crippen LogP contribution is -2.15. The van der Waals surface area contributed by atoms with Crippen LogP contribution in [0.3, 0.4) is 0 Å². The van der Waals surface area contributed by atoms with E-state index in [9.17, 15) is 4.79 Å². The molecule has 0 amide bonds. The second-order valence-corrected chi connectivity index (χ2v) is 4.97. The summed E-state index contributed by atoms with van der Waals surface area (Å²) in [6, 6.07) is 3.43. The standard InChI is InChI=1S/C12H12BrN3O2/c1-6(2)12(17)18-8-4-3-7(13)10-11(8)15-5-9(14)16-10/h3-6H,1-2H3,(H2,14,16). The predicted molar refractivity (Wildman–Crippen MR) is 72.1 cm³/mol. The Morgan fingerprint density at radius 2 is 2.11 bits per heavy atom. The van der Waals surface area contributed by atoms with Gasteiger partial charge in [0.25, 0.3) is 0 Å². The van der Waals surface area contributed by atoms with E-state index in [0.29, 0.717) is 22.6 Å². The number of hydrogen-bond donors (Lipinski definition) is 1. The fourth-order valence-electron chi connectivity index (χ4n) is 1.36. The lowest BCUT2D eigenvalue weighted by atomic mass is 10.2. The Bertz CT molecular complexity index is 614. The molecule has 0 aliphatic carbocycles. The zero-order valence-electron chi connectivity index (χ0n) is 9.98. The highest BCUT2D eigenvalue weighted by Gasteiger charge is 2.14. The van der Waals surface area contributed by atoms with Crippen molar-refractivity contribution in [2.24, 2.45) is 5.92 Å². The smallest absolute Gasteiger partial charge is 0.313 e. The average molecular weight is 310 g/mol. The van der Waals surface area contributed by atoms with Crippen molar-refractivity contribution in [1.29, 1.82) is 0 Å². The minimum absolute atomic E-state index is 0.203. The molecular weight excluding hydrogens is 298 g/mol. The molecule has 1 aromatic heterocycles. The number of nitrogens with zero attached hydrogens (tertiary/aromatic N) is 2. The van der Waals surface area contributed by atoms with E-state index in [1.807, 2.05) is 0 Å². The van der Waals surface area contributed by atoms with Gasteiger partial charge in [-0.05, 0) is 28.1 Å². The van der Waals surface area contributed by atoms with Crippen LogP contribution in [0.15, 0.2) is 22.8 Å². The van der Waals surface area contributed by atoms with Crippen LogP contribution in [-0.2, 0) is 4.79 Å². The number of carbonyl (C=O) groups excluding carboxylic acids is 1. The molecule has 0 spiro atoms. The van der Waals surface area contributed by atoms with Crippen molar-refractivity contribution in [1.82, 2.24) is 9.97 Å². The molecule has 0 aliphatic heterocycles. The first-order valence-corrected chi connectivity index (χ1v) is 6.20. The summed E-state index contributed by atoms with van der Waals surface area (Å²) in [6.45, 7) is 3.54. The second kappa shape index (κ2) is 4.89. The highest BCUT2D eigenvalue weighted by atomic mass is 79.9. The van der Waals surface area contributed by atoms with Gasteiger partial charge >= 0.3 is 5.97 Å². The monoisotopic (exact) mass is 309 g/mol. The molecule has 0 aliphatic rings. The second-order valence-electron chi connectivity index (χ2n) is 4.11. The predicted octanol–water partition coefficient (Wildman–Crippen LogP) is 2.54. The molecule has 0 saturated carbocycles. The first kappa shape index (κ1) is 12.8. The number of nitrogens with two attached hydrogens (primary N) is 1. The SMILES string of the molecule is CC(C)C(=O)Oc1ccc(Br)c2nc(N)cnc12. The Balaban J connectivity index is 2.52. The summed E-state index contributed by atoms with van der Waals surface area (Å²) in [5.41, 5.74) is 6.67. The van der Waals surface area contributed by atoms with Crippen LogP contribution < -0.4 is 10.5 Å². The number of fused-ring (bicyclic) bond motifs is 1. The Kier molecular flexibility index (Phi) is 3.47. The molecule has 18 heavy (non-hydrogen) atoms. The van der Waals surface area contributed by atoms with Gasteiger partial charge in [0.05, 0.1) is 12.1 Å². The molecule has 0 bridgehead atoms. The first-order valence-electron chi connectivity index (χ1n) is 5.41. The fraction of sp³-hybridized carbons (Fsp3) is 0.250. The third-order valence-corrected chi connectivity index (χ3v) is 2.95. The van der Waals surface area contributed by atoms with E-state index in [4.69, 9.17) is 10.5 Å². The molecule has 0 saturated heterocycles. The Labute approximate surface area is 112 Å². The highest BCUT2D eigenvalue weighted by molar-refractivity contribution is 9.10. The molecule has 1 heterocycles. The molecule has 6 heteroatoms. The summed E-state index contributed by atoms with van der Waals surface area (Å²) >= 11 is 3.36. The van der Waals surface area contributed by atoms with E-state index in [-0.39, 0.29) is 11.9 Å². The van der Waals surface area contributed by atoms with Gasteiger partial charge in [-0.1, -0.05) is 13.8 Å². The highest BCUT2D eigenvalue weighted by Crippen LogP contribution is 2.29. The number of halogens is 1. The largest absolute Gasteiger partial charge is 0.424 e. The number of benzene rings is 1. The van der Waals surface area contributed by atoms with Crippen LogP contribution in [0.25, 0.3) is 11.0 Å². The van der Waals surface area contributed by atoms with Crippen molar-refractivity contribution in [3.63, 3.8) is 0 Å². The number of hydrogen-bond acceptors (Lipinski definition) is 5. The van der Waals surface area contributed by atoms with Crippen LogP contribution in [0.4, 0.5) is 5.82 Å². The zero-order valence-corrected chi connectivity index (χ0v) is 11.6. The molecule has 1 aromatic carbocycles. The van der Waals surface area contributed by atoms with Crippen molar-refractivity contribution in [2.45, 2.75) is 13.8 Å². The van der Waals surface area contributed by atoms with Crippen molar-refractivity contribution in [3.8, 4) is 5.75 Å². The van der Waals surface area contributed by atoms with Crippen molar-refractivity contribution in [3.05, 3.63) is 22.8 Å². The third-order valence-electron chi connectivity index (χ3n) is 2.31. The van der Waals surface area contributed by atoms with Gasteiger partial charge in [0.1, 0.15) is 16.9 Å². The number of aromatic nitrogens is 2.